The second-order valence-electron chi connectivity index (χ2n) is 6.30. The van der Waals surface area contributed by atoms with Gasteiger partial charge in [0.2, 0.25) is 0 Å². The average molecular weight is 316 g/mol. The van der Waals surface area contributed by atoms with Crippen LogP contribution in [0.2, 0.25) is 0 Å². The summed E-state index contributed by atoms with van der Waals surface area (Å²) < 4.78 is 0. The number of carbonyl (C=O) groups is 1. The Morgan fingerprint density at radius 2 is 2.00 bits per heavy atom. The molecule has 2 aliphatic rings. The summed E-state index contributed by atoms with van der Waals surface area (Å²) in [7, 11) is 2.08. The zero-order chi connectivity index (χ0) is 16.4. The molecule has 6 heteroatoms. The Morgan fingerprint density at radius 1 is 1.26 bits per heavy atom. The van der Waals surface area contributed by atoms with E-state index in [-0.39, 0.29) is 11.9 Å². The molecule has 0 saturated carbocycles. The highest BCUT2D eigenvalue weighted by molar-refractivity contribution is 5.94. The lowest BCUT2D eigenvalue weighted by Gasteiger charge is -2.32. The molecule has 1 unspecified atom stereocenters. The minimum atomic E-state index is 0.0911. The van der Waals surface area contributed by atoms with Crippen molar-refractivity contribution in [3.8, 4) is 0 Å². The van der Waals surface area contributed by atoms with E-state index < -0.39 is 0 Å². The molecule has 2 aliphatic heterocycles. The van der Waals surface area contributed by atoms with E-state index in [0.717, 1.165) is 42.5 Å². The van der Waals surface area contributed by atoms with Crippen molar-refractivity contribution in [3.63, 3.8) is 0 Å². The van der Waals surface area contributed by atoms with Gasteiger partial charge < -0.3 is 9.80 Å². The molecule has 1 atom stereocenters. The van der Waals surface area contributed by atoms with Crippen molar-refractivity contribution in [1.29, 1.82) is 0 Å². The zero-order valence-electron chi connectivity index (χ0n) is 13.7. The van der Waals surface area contributed by atoms with E-state index in [4.69, 9.17) is 0 Å². The molecule has 1 fully saturated rings. The van der Waals surface area contributed by atoms with Crippen molar-refractivity contribution in [2.24, 2.45) is 0 Å². The Morgan fingerprint density at radius 3 is 2.65 bits per heavy atom. The summed E-state index contributed by atoms with van der Waals surface area (Å²) in [5.41, 5.74) is 1.73. The van der Waals surface area contributed by atoms with Crippen molar-refractivity contribution < 1.29 is 10.0 Å². The maximum atomic E-state index is 12.6. The van der Waals surface area contributed by atoms with Crippen LogP contribution in [0, 0.1) is 0 Å². The molecular weight excluding hydrogens is 292 g/mol. The van der Waals surface area contributed by atoms with Crippen LogP contribution in [0.15, 0.2) is 36.5 Å². The van der Waals surface area contributed by atoms with Crippen molar-refractivity contribution in [2.45, 2.75) is 19.5 Å². The summed E-state index contributed by atoms with van der Waals surface area (Å²) >= 11 is 0. The number of hydrazine groups is 1. The number of benzene rings is 1. The van der Waals surface area contributed by atoms with E-state index in [9.17, 15) is 10.0 Å². The molecule has 1 N–H and O–H groups in total. The highest BCUT2D eigenvalue weighted by atomic mass is 16.5. The van der Waals surface area contributed by atoms with Crippen LogP contribution in [-0.4, -0.2) is 70.4 Å². The quantitative estimate of drug-likeness (QED) is 0.913. The normalized spacial score (nSPS) is 22.8. The molecule has 1 saturated heterocycles. The van der Waals surface area contributed by atoms with Gasteiger partial charge in [-0.15, -0.1) is 0 Å². The second kappa shape index (κ2) is 6.70. The Kier molecular flexibility index (Phi) is 4.66. The van der Waals surface area contributed by atoms with Gasteiger partial charge in [0.1, 0.15) is 0 Å². The summed E-state index contributed by atoms with van der Waals surface area (Å²) in [4.78, 5) is 16.8. The summed E-state index contributed by atoms with van der Waals surface area (Å²) in [5, 5.41) is 12.8. The van der Waals surface area contributed by atoms with Gasteiger partial charge in [-0.25, -0.2) is 0 Å². The predicted molar refractivity (Wildman–Crippen MR) is 87.6 cm³/mol. The largest absolute Gasteiger partial charge is 0.336 e. The van der Waals surface area contributed by atoms with Crippen LogP contribution >= 0.6 is 0 Å². The van der Waals surface area contributed by atoms with Gasteiger partial charge in [-0.1, -0.05) is 12.1 Å². The van der Waals surface area contributed by atoms with E-state index in [0.29, 0.717) is 6.54 Å². The zero-order valence-corrected chi connectivity index (χ0v) is 13.7. The lowest BCUT2D eigenvalue weighted by atomic mass is 10.1. The Bertz CT molecular complexity index is 584. The van der Waals surface area contributed by atoms with E-state index in [1.807, 2.05) is 47.2 Å². The molecule has 0 bridgehead atoms. The highest BCUT2D eigenvalue weighted by Gasteiger charge is 2.23. The fraction of sp³-hybridized carbons (Fsp3) is 0.471. The topological polar surface area (TPSA) is 50.3 Å². The van der Waals surface area contributed by atoms with Gasteiger partial charge in [0.25, 0.3) is 5.91 Å². The van der Waals surface area contributed by atoms with Gasteiger partial charge >= 0.3 is 0 Å². The molecule has 1 aromatic rings. The van der Waals surface area contributed by atoms with Crippen LogP contribution in [0.25, 0.3) is 0 Å². The molecule has 3 rings (SSSR count). The molecule has 23 heavy (non-hydrogen) atoms. The van der Waals surface area contributed by atoms with E-state index in [1.165, 1.54) is 0 Å². The van der Waals surface area contributed by atoms with Crippen molar-refractivity contribution in [2.75, 3.05) is 33.2 Å². The number of hydroxylamine groups is 1. The average Bonchev–Trinajstić information content (AvgIpc) is 2.87. The van der Waals surface area contributed by atoms with Crippen LogP contribution in [-0.2, 0) is 6.54 Å². The third-order valence-corrected chi connectivity index (χ3v) is 4.54. The smallest absolute Gasteiger partial charge is 0.253 e. The molecule has 1 aromatic carbocycles. The minimum Gasteiger partial charge on any atom is -0.336 e. The highest BCUT2D eigenvalue weighted by Crippen LogP contribution is 2.18. The molecule has 1 amide bonds. The Labute approximate surface area is 137 Å². The van der Waals surface area contributed by atoms with E-state index >= 15 is 0 Å². The van der Waals surface area contributed by atoms with Gasteiger partial charge in [0, 0.05) is 50.5 Å². The number of rotatable bonds is 3. The first kappa shape index (κ1) is 16.0. The number of piperazine rings is 1. The van der Waals surface area contributed by atoms with Crippen LogP contribution < -0.4 is 0 Å². The van der Waals surface area contributed by atoms with Crippen LogP contribution in [0.3, 0.4) is 0 Å². The first-order valence-electron chi connectivity index (χ1n) is 8.04. The summed E-state index contributed by atoms with van der Waals surface area (Å²) in [6.07, 6.45) is 3.57. The summed E-state index contributed by atoms with van der Waals surface area (Å²) in [6.45, 7) is 5.97. The maximum absolute atomic E-state index is 12.6. The fourth-order valence-electron chi connectivity index (χ4n) is 2.97. The molecule has 124 valence electrons. The second-order valence-corrected chi connectivity index (χ2v) is 6.30. The molecule has 0 aliphatic carbocycles. The Hall–Kier alpha value is -1.89. The number of likely N-dealkylation sites (N-methyl/N-ethyl adjacent to an activating group) is 1. The van der Waals surface area contributed by atoms with Gasteiger partial charge in [-0.3, -0.25) is 10.0 Å². The Balaban J connectivity index is 1.68. The third kappa shape index (κ3) is 3.55. The first-order chi connectivity index (χ1) is 11.0. The molecule has 0 radical (unpaired) electrons. The van der Waals surface area contributed by atoms with E-state index in [2.05, 4.69) is 11.9 Å². The van der Waals surface area contributed by atoms with Gasteiger partial charge in [0.05, 0.1) is 0 Å². The third-order valence-electron chi connectivity index (χ3n) is 4.54. The van der Waals surface area contributed by atoms with Crippen LogP contribution in [0.4, 0.5) is 0 Å². The molecule has 6 nitrogen and oxygen atoms in total. The lowest BCUT2D eigenvalue weighted by Crippen LogP contribution is -2.47. The predicted octanol–water partition coefficient (Wildman–Crippen LogP) is 1.40. The molecule has 0 aromatic heterocycles. The minimum absolute atomic E-state index is 0.0911. The molecule has 0 spiro atoms. The molecular formula is C17H24N4O2. The monoisotopic (exact) mass is 316 g/mol. The van der Waals surface area contributed by atoms with Crippen LogP contribution in [0.1, 0.15) is 22.8 Å². The van der Waals surface area contributed by atoms with E-state index in [1.54, 1.807) is 6.20 Å². The maximum Gasteiger partial charge on any atom is 0.253 e. The van der Waals surface area contributed by atoms with Crippen molar-refractivity contribution >= 4 is 5.91 Å². The lowest BCUT2D eigenvalue weighted by molar-refractivity contribution is -0.208. The standard InChI is InChI=1S/C17H24N4O2/c1-14-6-7-21(23)20(14)13-15-4-3-5-16(12-15)17(22)19-10-8-18(2)9-11-19/h3-7,12,14,23H,8-11,13H2,1-2H3. The summed E-state index contributed by atoms with van der Waals surface area (Å²) in [5.74, 6) is 0.0911. The van der Waals surface area contributed by atoms with Crippen LogP contribution in [0.5, 0.6) is 0 Å². The number of amides is 1. The summed E-state index contributed by atoms with van der Waals surface area (Å²) in [6, 6.07) is 7.83. The number of nitrogens with zero attached hydrogens (tertiary/aromatic N) is 4. The first-order valence-corrected chi connectivity index (χ1v) is 8.04. The number of hydrogen-bond acceptors (Lipinski definition) is 5. The van der Waals surface area contributed by atoms with Gasteiger partial charge in [-0.2, -0.15) is 10.2 Å². The van der Waals surface area contributed by atoms with Gasteiger partial charge in [-0.05, 0) is 37.7 Å². The number of hydrogen-bond donors (Lipinski definition) is 1. The van der Waals surface area contributed by atoms with Gasteiger partial charge in [0.15, 0.2) is 0 Å². The fourth-order valence-corrected chi connectivity index (χ4v) is 2.97. The van der Waals surface area contributed by atoms with Crippen molar-refractivity contribution in [1.82, 2.24) is 20.0 Å². The SMILES string of the molecule is CC1C=CN(O)N1Cc1cccc(C(=O)N2CCN(C)CC2)c1. The molecule has 2 heterocycles. The van der Waals surface area contributed by atoms with Crippen molar-refractivity contribution in [3.05, 3.63) is 47.7 Å². The number of carbonyl (C=O) groups excluding carboxylic acids is 1.